The number of likely N-dealkylation sites (tertiary alicyclic amines) is 6. The van der Waals surface area contributed by atoms with Gasteiger partial charge < -0.3 is 44.5 Å². The van der Waals surface area contributed by atoms with Gasteiger partial charge in [-0.1, -0.05) is 45.8 Å². The Bertz CT molecular complexity index is 1520. The van der Waals surface area contributed by atoms with Gasteiger partial charge in [0.1, 0.15) is 11.6 Å². The molecule has 7 aliphatic rings. The van der Waals surface area contributed by atoms with Gasteiger partial charge in [-0.3, -0.25) is 9.59 Å². The SMILES string of the molecule is CC1=CCN(C)CC1.CC1CN(C)CCC1=O.CCC1CCN(C)CC1.CN1CCC(C(=O)c2ccc(F)cc2)CC1.CN1CCC(C)(C)CC1.CN1CCC(C)(O)CC1.CN1CCC(CCO)CC1. The molecule has 1 aromatic rings. The van der Waals surface area contributed by atoms with Crippen LogP contribution in [0.15, 0.2) is 35.9 Å². The molecule has 1 aromatic carbocycles. The lowest BCUT2D eigenvalue weighted by Gasteiger charge is -2.34. The first-order valence-corrected chi connectivity index (χ1v) is 27.6. The molecular formula is C58H108FN7O4. The minimum atomic E-state index is -0.382. The summed E-state index contributed by atoms with van der Waals surface area (Å²) in [6, 6.07) is 5.86. The Balaban J connectivity index is 0.000000284. The number of aliphatic hydroxyl groups is 2. The number of aliphatic hydroxyl groups excluding tert-OH is 1. The number of ketones is 2. The van der Waals surface area contributed by atoms with Crippen LogP contribution in [-0.4, -0.2) is 209 Å². The molecule has 0 aliphatic carbocycles. The monoisotopic (exact) mass is 986 g/mol. The van der Waals surface area contributed by atoms with E-state index in [2.05, 4.69) is 117 Å². The Labute approximate surface area is 429 Å². The zero-order valence-corrected chi connectivity index (χ0v) is 47.4. The summed E-state index contributed by atoms with van der Waals surface area (Å²) < 4.78 is 12.7. The molecular weight excluding hydrogens is 878 g/mol. The molecule has 0 radical (unpaired) electrons. The number of piperidine rings is 6. The predicted octanol–water partition coefficient (Wildman–Crippen LogP) is 8.80. The summed E-state index contributed by atoms with van der Waals surface area (Å²) in [6.07, 6.45) is 18.5. The van der Waals surface area contributed by atoms with Gasteiger partial charge in [-0.15, -0.1) is 0 Å². The van der Waals surface area contributed by atoms with Crippen LogP contribution >= 0.6 is 0 Å². The van der Waals surface area contributed by atoms with E-state index in [1.807, 2.05) is 13.8 Å². The standard InChI is InChI=1S/C13H16FNO.C8H17NO.2C8H17N.C7H15NO.C7H13NO.C7H13N/c1-15-8-6-11(7-9-15)13(16)10-2-4-12(14)5-3-10;1-9-5-2-8(3-6-9)4-7-10;1-8(2)4-6-9(3)7-5-8;1-3-8-4-6-9(2)7-5-8;1-7(9)3-5-8(2)6-4-7;1-6-5-8(2)4-3-7(6)9;1-7-3-5-8(2)6-4-7/h2-5,11H,6-9H2,1H3;8,10H,2-7H2,1H3;4-7H2,1-3H3;8H,3-7H2,1-2H3;9H,3-6H2,1-2H3;6H,3-5H2,1-2H3;3H,4-6H2,1-2H3. The Morgan fingerprint density at radius 3 is 1.46 bits per heavy atom. The molecule has 6 fully saturated rings. The summed E-state index contributed by atoms with van der Waals surface area (Å²) in [5, 5.41) is 18.1. The smallest absolute Gasteiger partial charge is 0.166 e. The molecule has 2 N–H and O–H groups in total. The van der Waals surface area contributed by atoms with E-state index in [9.17, 15) is 19.1 Å². The predicted molar refractivity (Wildman–Crippen MR) is 293 cm³/mol. The maximum Gasteiger partial charge on any atom is 0.166 e. The van der Waals surface area contributed by atoms with Crippen molar-refractivity contribution in [1.82, 2.24) is 34.3 Å². The summed E-state index contributed by atoms with van der Waals surface area (Å²) in [5.41, 5.74) is 2.41. The highest BCUT2D eigenvalue weighted by molar-refractivity contribution is 5.97. The highest BCUT2D eigenvalue weighted by Crippen LogP contribution is 2.29. The fraction of sp³-hybridized carbons (Fsp3) is 0.828. The molecule has 8 rings (SSSR count). The Morgan fingerprint density at radius 2 is 1.07 bits per heavy atom. The van der Waals surface area contributed by atoms with E-state index < -0.39 is 0 Å². The van der Waals surface area contributed by atoms with Crippen LogP contribution in [0.3, 0.4) is 0 Å². The molecule has 0 amide bonds. The quantitative estimate of drug-likeness (QED) is 0.219. The van der Waals surface area contributed by atoms with E-state index >= 15 is 0 Å². The normalized spacial score (nSPS) is 24.7. The molecule has 11 nitrogen and oxygen atoms in total. The molecule has 0 bridgehead atoms. The number of carbonyl (C=O) groups is 2. The van der Waals surface area contributed by atoms with Crippen LogP contribution in [0.5, 0.6) is 0 Å². The van der Waals surface area contributed by atoms with Crippen LogP contribution in [0, 0.1) is 34.9 Å². The van der Waals surface area contributed by atoms with Crippen molar-refractivity contribution in [3.63, 3.8) is 0 Å². The van der Waals surface area contributed by atoms with Gasteiger partial charge in [-0.25, -0.2) is 4.39 Å². The van der Waals surface area contributed by atoms with Crippen LogP contribution in [0.25, 0.3) is 0 Å². The Hall–Kier alpha value is -2.13. The number of nitrogens with zero attached hydrogens (tertiary/aromatic N) is 7. The van der Waals surface area contributed by atoms with Gasteiger partial charge in [0.05, 0.1) is 5.60 Å². The molecule has 1 unspecified atom stereocenters. The van der Waals surface area contributed by atoms with E-state index in [0.717, 1.165) is 96.2 Å². The summed E-state index contributed by atoms with van der Waals surface area (Å²) in [5.74, 6) is 2.49. The van der Waals surface area contributed by atoms with Gasteiger partial charge in [0.2, 0.25) is 0 Å². The van der Waals surface area contributed by atoms with Crippen molar-refractivity contribution in [1.29, 1.82) is 0 Å². The number of Topliss-reactive ketones (excluding diaryl/α,β-unsaturated/α-hetero) is 2. The molecule has 70 heavy (non-hydrogen) atoms. The number of halogens is 1. The minimum absolute atomic E-state index is 0.113. The lowest BCUT2D eigenvalue weighted by molar-refractivity contribution is -0.125. The zero-order chi connectivity index (χ0) is 52.3. The van der Waals surface area contributed by atoms with Gasteiger partial charge in [-0.05, 0) is 234 Å². The van der Waals surface area contributed by atoms with E-state index in [1.165, 1.54) is 109 Å². The first-order chi connectivity index (χ1) is 33.0. The molecule has 6 saturated heterocycles. The van der Waals surface area contributed by atoms with Gasteiger partial charge in [0, 0.05) is 69.7 Å². The molecule has 0 spiro atoms. The molecule has 0 saturated carbocycles. The van der Waals surface area contributed by atoms with E-state index in [0.29, 0.717) is 23.4 Å². The Kier molecular flexibility index (Phi) is 31.4. The second-order valence-electron chi connectivity index (χ2n) is 23.6. The lowest BCUT2D eigenvalue weighted by Crippen LogP contribution is -2.40. The number of benzene rings is 1. The molecule has 7 heterocycles. The molecule has 0 aromatic heterocycles. The largest absolute Gasteiger partial charge is 0.396 e. The number of hydrogen-bond donors (Lipinski definition) is 2. The summed E-state index contributed by atoms with van der Waals surface area (Å²) in [4.78, 5) is 39.2. The van der Waals surface area contributed by atoms with Crippen molar-refractivity contribution in [2.75, 3.05) is 148 Å². The first kappa shape index (κ1) is 64.0. The van der Waals surface area contributed by atoms with E-state index in [4.69, 9.17) is 5.11 Å². The fourth-order valence-electron chi connectivity index (χ4n) is 9.53. The van der Waals surface area contributed by atoms with Gasteiger partial charge in [-0.2, -0.15) is 0 Å². The molecule has 406 valence electrons. The second kappa shape index (κ2) is 34.4. The number of carbonyl (C=O) groups excluding carboxylic acids is 2. The van der Waals surface area contributed by atoms with Gasteiger partial charge >= 0.3 is 0 Å². The summed E-state index contributed by atoms with van der Waals surface area (Å²) in [7, 11) is 15.0. The van der Waals surface area contributed by atoms with Crippen molar-refractivity contribution in [2.24, 2.45) is 29.1 Å². The average molecular weight is 987 g/mol. The third-order valence-corrected chi connectivity index (χ3v) is 15.9. The zero-order valence-electron chi connectivity index (χ0n) is 47.4. The van der Waals surface area contributed by atoms with E-state index in [1.54, 1.807) is 17.7 Å². The Morgan fingerprint density at radius 1 is 0.629 bits per heavy atom. The van der Waals surface area contributed by atoms with Crippen molar-refractivity contribution >= 4 is 11.6 Å². The van der Waals surface area contributed by atoms with Crippen LogP contribution in [0.2, 0.25) is 0 Å². The topological polar surface area (TPSA) is 97.3 Å². The third-order valence-electron chi connectivity index (χ3n) is 15.9. The van der Waals surface area contributed by atoms with E-state index in [-0.39, 0.29) is 29.0 Å². The minimum Gasteiger partial charge on any atom is -0.396 e. The van der Waals surface area contributed by atoms with Gasteiger partial charge in [0.15, 0.2) is 5.78 Å². The van der Waals surface area contributed by atoms with Crippen molar-refractivity contribution in [2.45, 2.75) is 137 Å². The first-order valence-electron chi connectivity index (χ1n) is 27.6. The number of likely N-dealkylation sites (N-methyl/N-ethyl adjacent to an activating group) is 1. The molecule has 12 heteroatoms. The lowest BCUT2D eigenvalue weighted by atomic mass is 9.83. The average Bonchev–Trinajstić information content (AvgIpc) is 3.33. The number of hydrogen-bond acceptors (Lipinski definition) is 11. The number of rotatable bonds is 5. The van der Waals surface area contributed by atoms with Crippen molar-refractivity contribution in [3.05, 3.63) is 47.3 Å². The maximum absolute atomic E-state index is 12.7. The van der Waals surface area contributed by atoms with Crippen LogP contribution in [0.4, 0.5) is 4.39 Å². The van der Waals surface area contributed by atoms with Crippen LogP contribution in [0.1, 0.15) is 142 Å². The van der Waals surface area contributed by atoms with Crippen molar-refractivity contribution < 1.29 is 24.2 Å². The van der Waals surface area contributed by atoms with Crippen molar-refractivity contribution in [3.8, 4) is 0 Å². The molecule has 7 aliphatic heterocycles. The highest BCUT2D eigenvalue weighted by Gasteiger charge is 2.26. The third kappa shape index (κ3) is 28.9. The molecule has 1 atom stereocenters. The summed E-state index contributed by atoms with van der Waals surface area (Å²) in [6.45, 7) is 29.4. The van der Waals surface area contributed by atoms with Crippen LogP contribution in [-0.2, 0) is 4.79 Å². The highest BCUT2D eigenvalue weighted by atomic mass is 19.1. The second-order valence-corrected chi connectivity index (χ2v) is 23.6. The van der Waals surface area contributed by atoms with Crippen LogP contribution < -0.4 is 0 Å². The maximum atomic E-state index is 12.7. The fourth-order valence-corrected chi connectivity index (χ4v) is 9.53. The van der Waals surface area contributed by atoms with Gasteiger partial charge in [0.25, 0.3) is 0 Å². The summed E-state index contributed by atoms with van der Waals surface area (Å²) >= 11 is 0.